The highest BCUT2D eigenvalue weighted by Gasteiger charge is 2.26. The van der Waals surface area contributed by atoms with Gasteiger partial charge in [-0.05, 0) is 42.5 Å². The molecule has 19 heavy (non-hydrogen) atoms. The molecule has 0 atom stereocenters. The van der Waals surface area contributed by atoms with Crippen LogP contribution in [0.3, 0.4) is 0 Å². The van der Waals surface area contributed by atoms with Gasteiger partial charge < -0.3 is 10.4 Å². The van der Waals surface area contributed by atoms with Gasteiger partial charge in [0.2, 0.25) is 0 Å². The highest BCUT2D eigenvalue weighted by molar-refractivity contribution is 5.95. The Morgan fingerprint density at radius 1 is 1.37 bits per heavy atom. The number of amides is 1. The van der Waals surface area contributed by atoms with Crippen LogP contribution in [0.5, 0.6) is 0 Å². The van der Waals surface area contributed by atoms with Crippen molar-refractivity contribution in [1.82, 2.24) is 5.32 Å². The molecule has 100 valence electrons. The molecule has 1 aliphatic carbocycles. The van der Waals surface area contributed by atoms with Crippen molar-refractivity contribution in [3.8, 4) is 0 Å². The number of hydrogen-bond donors (Lipinski definition) is 2. The van der Waals surface area contributed by atoms with Crippen LogP contribution in [0.15, 0.2) is 30.3 Å². The first kappa shape index (κ1) is 13.3. The number of benzene rings is 1. The number of rotatable bonds is 4. The monoisotopic (exact) mass is 259 g/mol. The number of hydrogen-bond acceptors (Lipinski definition) is 2. The zero-order chi connectivity index (χ0) is 13.8. The zero-order valence-electron chi connectivity index (χ0n) is 10.8. The van der Waals surface area contributed by atoms with Crippen LogP contribution in [0.2, 0.25) is 0 Å². The second-order valence-electron chi connectivity index (χ2n) is 5.04. The lowest BCUT2D eigenvalue weighted by Crippen LogP contribution is -2.43. The Bertz CT molecular complexity index is 516. The summed E-state index contributed by atoms with van der Waals surface area (Å²) in [6.07, 6.45) is 4.60. The molecule has 1 fully saturated rings. The lowest BCUT2D eigenvalue weighted by Gasteiger charge is -2.33. The normalized spacial score (nSPS) is 21.9. The fraction of sp³-hybridized carbons (Fsp3) is 0.333. The standard InChI is InChI=1S/C15H17NO3/c1-10-7-13(8-10)16-15(19)12-4-2-3-11(9-12)5-6-14(17)18/h2-6,9-10,13H,7-8H2,1H3,(H,16,19)(H,17,18)/b6-5+. The van der Waals surface area contributed by atoms with Crippen LogP contribution in [0.1, 0.15) is 35.7 Å². The number of nitrogens with one attached hydrogen (secondary N) is 1. The minimum absolute atomic E-state index is 0.0949. The van der Waals surface area contributed by atoms with Crippen molar-refractivity contribution in [2.45, 2.75) is 25.8 Å². The van der Waals surface area contributed by atoms with Gasteiger partial charge in [-0.3, -0.25) is 4.79 Å². The number of carboxylic acid groups (broad SMARTS) is 1. The van der Waals surface area contributed by atoms with Crippen LogP contribution in [0.25, 0.3) is 6.08 Å². The molecule has 0 heterocycles. The molecule has 1 aromatic rings. The van der Waals surface area contributed by atoms with Gasteiger partial charge >= 0.3 is 5.97 Å². The van der Waals surface area contributed by atoms with E-state index in [0.717, 1.165) is 18.9 Å². The zero-order valence-corrected chi connectivity index (χ0v) is 10.8. The third-order valence-corrected chi connectivity index (χ3v) is 3.28. The van der Waals surface area contributed by atoms with Gasteiger partial charge in [-0.25, -0.2) is 4.79 Å². The largest absolute Gasteiger partial charge is 0.478 e. The molecule has 1 aromatic carbocycles. The maximum absolute atomic E-state index is 12.0. The Kier molecular flexibility index (Phi) is 4.00. The van der Waals surface area contributed by atoms with Crippen LogP contribution in [-0.2, 0) is 4.79 Å². The topological polar surface area (TPSA) is 66.4 Å². The average molecular weight is 259 g/mol. The van der Waals surface area contributed by atoms with E-state index in [4.69, 9.17) is 5.11 Å². The van der Waals surface area contributed by atoms with E-state index in [2.05, 4.69) is 12.2 Å². The highest BCUT2D eigenvalue weighted by atomic mass is 16.4. The maximum Gasteiger partial charge on any atom is 0.328 e. The molecular formula is C15H17NO3. The van der Waals surface area contributed by atoms with Crippen molar-refractivity contribution in [2.75, 3.05) is 0 Å². The summed E-state index contributed by atoms with van der Waals surface area (Å²) in [6, 6.07) is 7.22. The fourth-order valence-corrected chi connectivity index (χ4v) is 2.24. The van der Waals surface area contributed by atoms with E-state index < -0.39 is 5.97 Å². The van der Waals surface area contributed by atoms with Crippen LogP contribution in [0, 0.1) is 5.92 Å². The first-order valence-corrected chi connectivity index (χ1v) is 6.36. The van der Waals surface area contributed by atoms with Crippen LogP contribution in [-0.4, -0.2) is 23.0 Å². The molecule has 1 saturated carbocycles. The van der Waals surface area contributed by atoms with Crippen molar-refractivity contribution >= 4 is 18.0 Å². The summed E-state index contributed by atoms with van der Waals surface area (Å²) in [5.41, 5.74) is 1.27. The Balaban J connectivity index is 2.01. The summed E-state index contributed by atoms with van der Waals surface area (Å²) in [7, 11) is 0. The Morgan fingerprint density at radius 2 is 2.11 bits per heavy atom. The van der Waals surface area contributed by atoms with Gasteiger partial charge in [0.1, 0.15) is 0 Å². The molecule has 0 aliphatic heterocycles. The molecule has 0 spiro atoms. The Hall–Kier alpha value is -2.10. The third kappa shape index (κ3) is 3.68. The quantitative estimate of drug-likeness (QED) is 0.815. The van der Waals surface area contributed by atoms with Crippen molar-refractivity contribution in [3.05, 3.63) is 41.5 Å². The average Bonchev–Trinajstić information content (AvgIpc) is 2.35. The SMILES string of the molecule is CC1CC(NC(=O)c2cccc(/C=C/C(=O)O)c2)C1. The Morgan fingerprint density at radius 3 is 2.74 bits per heavy atom. The summed E-state index contributed by atoms with van der Waals surface area (Å²) >= 11 is 0. The second kappa shape index (κ2) is 5.69. The smallest absolute Gasteiger partial charge is 0.328 e. The molecule has 0 unspecified atom stereocenters. The summed E-state index contributed by atoms with van der Waals surface area (Å²) in [5, 5.41) is 11.5. The Labute approximate surface area is 112 Å². The summed E-state index contributed by atoms with van der Waals surface area (Å²) in [5.74, 6) is -0.407. The van der Waals surface area contributed by atoms with E-state index in [9.17, 15) is 9.59 Å². The fourth-order valence-electron chi connectivity index (χ4n) is 2.24. The number of aliphatic carboxylic acids is 1. The van der Waals surface area contributed by atoms with E-state index in [1.165, 1.54) is 6.08 Å². The molecule has 4 heteroatoms. The summed E-state index contributed by atoms with van der Waals surface area (Å²) < 4.78 is 0. The molecule has 0 radical (unpaired) electrons. The molecule has 0 saturated heterocycles. The van der Waals surface area contributed by atoms with E-state index in [1.54, 1.807) is 24.3 Å². The predicted octanol–water partition coefficient (Wildman–Crippen LogP) is 2.31. The lowest BCUT2D eigenvalue weighted by molar-refractivity contribution is -0.131. The third-order valence-electron chi connectivity index (χ3n) is 3.28. The number of carbonyl (C=O) groups excluding carboxylic acids is 1. The minimum Gasteiger partial charge on any atom is -0.478 e. The van der Waals surface area contributed by atoms with Gasteiger partial charge in [-0.2, -0.15) is 0 Å². The van der Waals surface area contributed by atoms with Crippen molar-refractivity contribution in [3.63, 3.8) is 0 Å². The van der Waals surface area contributed by atoms with Gasteiger partial charge in [-0.15, -0.1) is 0 Å². The van der Waals surface area contributed by atoms with E-state index in [-0.39, 0.29) is 11.9 Å². The number of carboxylic acids is 1. The first-order chi connectivity index (χ1) is 9.04. The molecule has 2 N–H and O–H groups in total. The van der Waals surface area contributed by atoms with Gasteiger partial charge in [-0.1, -0.05) is 19.1 Å². The van der Waals surface area contributed by atoms with Gasteiger partial charge in [0, 0.05) is 17.7 Å². The maximum atomic E-state index is 12.0. The second-order valence-corrected chi connectivity index (χ2v) is 5.04. The number of carbonyl (C=O) groups is 2. The molecular weight excluding hydrogens is 242 g/mol. The van der Waals surface area contributed by atoms with Crippen molar-refractivity contribution < 1.29 is 14.7 Å². The molecule has 1 aliphatic rings. The van der Waals surface area contributed by atoms with E-state index >= 15 is 0 Å². The minimum atomic E-state index is -1.00. The van der Waals surface area contributed by atoms with Crippen LogP contribution in [0.4, 0.5) is 0 Å². The molecule has 0 aromatic heterocycles. The van der Waals surface area contributed by atoms with E-state index in [1.807, 2.05) is 0 Å². The lowest BCUT2D eigenvalue weighted by atomic mass is 9.82. The summed E-state index contributed by atoms with van der Waals surface area (Å²) in [4.78, 5) is 22.4. The van der Waals surface area contributed by atoms with Crippen molar-refractivity contribution in [2.24, 2.45) is 5.92 Å². The van der Waals surface area contributed by atoms with E-state index in [0.29, 0.717) is 17.0 Å². The summed E-state index contributed by atoms with van der Waals surface area (Å²) in [6.45, 7) is 2.17. The predicted molar refractivity (Wildman–Crippen MR) is 72.8 cm³/mol. The van der Waals surface area contributed by atoms with Gasteiger partial charge in [0.05, 0.1) is 0 Å². The molecule has 0 bridgehead atoms. The van der Waals surface area contributed by atoms with Gasteiger partial charge in [0.15, 0.2) is 0 Å². The van der Waals surface area contributed by atoms with Gasteiger partial charge in [0.25, 0.3) is 5.91 Å². The molecule has 1 amide bonds. The molecule has 4 nitrogen and oxygen atoms in total. The highest BCUT2D eigenvalue weighted by Crippen LogP contribution is 2.26. The first-order valence-electron chi connectivity index (χ1n) is 6.36. The van der Waals surface area contributed by atoms with Crippen LogP contribution >= 0.6 is 0 Å². The van der Waals surface area contributed by atoms with Crippen LogP contribution < -0.4 is 5.32 Å². The van der Waals surface area contributed by atoms with Crippen molar-refractivity contribution in [1.29, 1.82) is 0 Å². The molecule has 2 rings (SSSR count).